The van der Waals surface area contributed by atoms with Gasteiger partial charge >= 0.3 is 0 Å². The van der Waals surface area contributed by atoms with Crippen molar-refractivity contribution in [2.75, 3.05) is 6.54 Å². The molecule has 0 bridgehead atoms. The lowest BCUT2D eigenvalue weighted by Gasteiger charge is -2.12. The van der Waals surface area contributed by atoms with E-state index in [1.807, 2.05) is 0 Å². The van der Waals surface area contributed by atoms with Crippen LogP contribution in [0.2, 0.25) is 10.0 Å². The zero-order chi connectivity index (χ0) is 9.84. The molecule has 80 valence electrons. The lowest BCUT2D eigenvalue weighted by atomic mass is 10.1. The zero-order valence-corrected chi connectivity index (χ0v) is 9.87. The van der Waals surface area contributed by atoms with E-state index in [0.29, 0.717) is 23.0 Å². The molecule has 0 aliphatic heterocycles. The summed E-state index contributed by atoms with van der Waals surface area (Å²) in [4.78, 5) is 0. The largest absolute Gasteiger partial charge is 0.330 e. The molecule has 14 heavy (non-hydrogen) atoms. The van der Waals surface area contributed by atoms with Crippen molar-refractivity contribution in [1.29, 1.82) is 0 Å². The summed E-state index contributed by atoms with van der Waals surface area (Å²) in [5.41, 5.74) is 12.1. The highest BCUT2D eigenvalue weighted by molar-refractivity contribution is 6.33. The van der Waals surface area contributed by atoms with Gasteiger partial charge < -0.3 is 11.5 Å². The Morgan fingerprint density at radius 2 is 1.93 bits per heavy atom. The van der Waals surface area contributed by atoms with Gasteiger partial charge in [-0.2, -0.15) is 0 Å². The Morgan fingerprint density at radius 1 is 1.29 bits per heavy atom. The third-order valence-corrected chi connectivity index (χ3v) is 2.41. The van der Waals surface area contributed by atoms with Crippen molar-refractivity contribution < 1.29 is 0 Å². The Morgan fingerprint density at radius 3 is 2.50 bits per heavy atom. The first-order valence-electron chi connectivity index (χ1n) is 4.05. The number of halogens is 3. The van der Waals surface area contributed by atoms with Crippen molar-refractivity contribution in [3.05, 3.63) is 33.8 Å². The Bertz CT molecular complexity index is 291. The van der Waals surface area contributed by atoms with Gasteiger partial charge in [0.25, 0.3) is 0 Å². The molecular weight excluding hydrogens is 242 g/mol. The first-order valence-corrected chi connectivity index (χ1v) is 4.81. The summed E-state index contributed by atoms with van der Waals surface area (Å²) in [5, 5.41) is 1.29. The van der Waals surface area contributed by atoms with Crippen LogP contribution in [0, 0.1) is 0 Å². The van der Waals surface area contributed by atoms with Crippen LogP contribution in [0.4, 0.5) is 0 Å². The second-order valence-electron chi connectivity index (χ2n) is 2.85. The number of nitrogens with two attached hydrogens (primary N) is 2. The molecule has 0 saturated heterocycles. The van der Waals surface area contributed by atoms with Crippen LogP contribution in [0.3, 0.4) is 0 Å². The van der Waals surface area contributed by atoms with Crippen LogP contribution in [0.5, 0.6) is 0 Å². The van der Waals surface area contributed by atoms with Gasteiger partial charge in [-0.3, -0.25) is 0 Å². The minimum atomic E-state index is -0.129. The molecule has 0 aromatic heterocycles. The predicted octanol–water partition coefficient (Wildman–Crippen LogP) is 2.76. The Balaban J connectivity index is 0.00000169. The molecule has 0 fully saturated rings. The second kappa shape index (κ2) is 6.49. The smallest absolute Gasteiger partial charge is 0.0454 e. The highest BCUT2D eigenvalue weighted by Crippen LogP contribution is 2.26. The fraction of sp³-hybridized carbons (Fsp3) is 0.333. The van der Waals surface area contributed by atoms with Gasteiger partial charge in [-0.25, -0.2) is 0 Å². The highest BCUT2D eigenvalue weighted by Gasteiger charge is 2.09. The summed E-state index contributed by atoms with van der Waals surface area (Å²) in [6.45, 7) is 0.546. The topological polar surface area (TPSA) is 52.0 Å². The van der Waals surface area contributed by atoms with Crippen molar-refractivity contribution in [1.82, 2.24) is 0 Å². The molecule has 1 aromatic rings. The maximum Gasteiger partial charge on any atom is 0.0454 e. The zero-order valence-electron chi connectivity index (χ0n) is 7.54. The Hall–Kier alpha value is 0.01000. The minimum Gasteiger partial charge on any atom is -0.330 e. The van der Waals surface area contributed by atoms with Crippen molar-refractivity contribution in [2.45, 2.75) is 12.5 Å². The van der Waals surface area contributed by atoms with Gasteiger partial charge in [-0.15, -0.1) is 12.4 Å². The van der Waals surface area contributed by atoms with Crippen LogP contribution in [0.25, 0.3) is 0 Å². The van der Waals surface area contributed by atoms with Crippen LogP contribution in [-0.2, 0) is 0 Å². The van der Waals surface area contributed by atoms with Crippen molar-refractivity contribution in [2.24, 2.45) is 11.5 Å². The fourth-order valence-corrected chi connectivity index (χ4v) is 1.57. The molecule has 0 radical (unpaired) electrons. The molecule has 4 N–H and O–H groups in total. The summed E-state index contributed by atoms with van der Waals surface area (Å²) in [5.74, 6) is 0. The van der Waals surface area contributed by atoms with Crippen LogP contribution in [0.1, 0.15) is 18.0 Å². The molecular formula is C9H13Cl3N2. The van der Waals surface area contributed by atoms with Crippen molar-refractivity contribution >= 4 is 35.6 Å². The SMILES string of the molecule is Cl.NCC[C@H](N)c1cc(Cl)ccc1Cl. The normalized spacial score (nSPS) is 12.0. The van der Waals surface area contributed by atoms with Crippen molar-refractivity contribution in [3.63, 3.8) is 0 Å². The number of benzene rings is 1. The Kier molecular flexibility index (Phi) is 6.49. The molecule has 2 nitrogen and oxygen atoms in total. The molecule has 5 heteroatoms. The molecule has 1 atom stereocenters. The molecule has 0 aliphatic rings. The van der Waals surface area contributed by atoms with Crippen LogP contribution in [0.15, 0.2) is 18.2 Å². The van der Waals surface area contributed by atoms with Crippen LogP contribution in [-0.4, -0.2) is 6.54 Å². The van der Waals surface area contributed by atoms with Gasteiger partial charge in [0.2, 0.25) is 0 Å². The van der Waals surface area contributed by atoms with E-state index in [4.69, 9.17) is 34.7 Å². The van der Waals surface area contributed by atoms with Gasteiger partial charge in [0.05, 0.1) is 0 Å². The summed E-state index contributed by atoms with van der Waals surface area (Å²) in [6, 6.07) is 5.14. The molecule has 0 heterocycles. The van der Waals surface area contributed by atoms with Gasteiger partial charge in [-0.1, -0.05) is 23.2 Å². The first-order chi connectivity index (χ1) is 6.15. The number of hydrogen-bond acceptors (Lipinski definition) is 2. The molecule has 1 rings (SSSR count). The van der Waals surface area contributed by atoms with E-state index in [0.717, 1.165) is 5.56 Å². The maximum absolute atomic E-state index is 5.95. The van der Waals surface area contributed by atoms with E-state index in [1.165, 1.54) is 0 Å². The molecule has 0 spiro atoms. The van der Waals surface area contributed by atoms with E-state index >= 15 is 0 Å². The molecule has 0 amide bonds. The van der Waals surface area contributed by atoms with E-state index in [9.17, 15) is 0 Å². The minimum absolute atomic E-state index is 0. The van der Waals surface area contributed by atoms with E-state index in [1.54, 1.807) is 18.2 Å². The van der Waals surface area contributed by atoms with E-state index in [2.05, 4.69) is 0 Å². The van der Waals surface area contributed by atoms with Crippen LogP contribution >= 0.6 is 35.6 Å². The average Bonchev–Trinajstić information content (AvgIpc) is 2.09. The molecule has 1 aromatic carbocycles. The fourth-order valence-electron chi connectivity index (χ4n) is 1.13. The molecule has 0 saturated carbocycles. The first kappa shape index (κ1) is 14.0. The Labute approximate surface area is 100.0 Å². The van der Waals surface area contributed by atoms with E-state index in [-0.39, 0.29) is 18.4 Å². The summed E-state index contributed by atoms with van der Waals surface area (Å²) in [6.07, 6.45) is 0.708. The summed E-state index contributed by atoms with van der Waals surface area (Å²) >= 11 is 11.8. The summed E-state index contributed by atoms with van der Waals surface area (Å²) in [7, 11) is 0. The van der Waals surface area contributed by atoms with Crippen LogP contribution < -0.4 is 11.5 Å². The third kappa shape index (κ3) is 3.64. The monoisotopic (exact) mass is 254 g/mol. The predicted molar refractivity (Wildman–Crippen MR) is 64.3 cm³/mol. The van der Waals surface area contributed by atoms with Crippen molar-refractivity contribution in [3.8, 4) is 0 Å². The standard InChI is InChI=1S/C9H12Cl2N2.ClH/c10-6-1-2-8(11)7(5-6)9(13)3-4-12;/h1-2,5,9H,3-4,12-13H2;1H/t9-;/m0./s1. The van der Waals surface area contributed by atoms with Gasteiger partial charge in [0, 0.05) is 16.1 Å². The quantitative estimate of drug-likeness (QED) is 0.873. The highest BCUT2D eigenvalue weighted by atomic mass is 35.5. The third-order valence-electron chi connectivity index (χ3n) is 1.84. The summed E-state index contributed by atoms with van der Waals surface area (Å²) < 4.78 is 0. The maximum atomic E-state index is 5.95. The van der Waals surface area contributed by atoms with Gasteiger partial charge in [0.15, 0.2) is 0 Å². The number of rotatable bonds is 3. The lowest BCUT2D eigenvalue weighted by molar-refractivity contribution is 0.661. The lowest BCUT2D eigenvalue weighted by Crippen LogP contribution is -2.15. The average molecular weight is 256 g/mol. The molecule has 0 unspecified atom stereocenters. The van der Waals surface area contributed by atoms with E-state index < -0.39 is 0 Å². The van der Waals surface area contributed by atoms with Gasteiger partial charge in [0.1, 0.15) is 0 Å². The van der Waals surface area contributed by atoms with Gasteiger partial charge in [-0.05, 0) is 36.7 Å². The molecule has 0 aliphatic carbocycles. The second-order valence-corrected chi connectivity index (χ2v) is 3.69. The number of hydrogen-bond donors (Lipinski definition) is 2.